The molecular weight excluding hydrogens is 221 g/mol. The van der Waals surface area contributed by atoms with E-state index >= 15 is 0 Å². The molecule has 0 fully saturated rings. The second-order valence-corrected chi connectivity index (χ2v) is 3.93. The smallest absolute Gasteiger partial charge is 0.283 e. The number of rotatable bonds is 5. The summed E-state index contributed by atoms with van der Waals surface area (Å²) in [5.41, 5.74) is -0.0978. The summed E-state index contributed by atoms with van der Waals surface area (Å²) in [6.45, 7) is 0.0239. The Morgan fingerprint density at radius 3 is 2.87 bits per heavy atom. The summed E-state index contributed by atoms with van der Waals surface area (Å²) in [5.74, 6) is 0.0351. The van der Waals surface area contributed by atoms with Crippen LogP contribution in [0.15, 0.2) is 23.1 Å². The molecule has 0 aliphatic rings. The number of aliphatic hydroxyl groups is 1. The van der Waals surface area contributed by atoms with Crippen molar-refractivity contribution in [1.82, 2.24) is 0 Å². The van der Waals surface area contributed by atoms with Crippen LogP contribution in [0.1, 0.15) is 6.42 Å². The monoisotopic (exact) mass is 231 g/mol. The highest BCUT2D eigenvalue weighted by Crippen LogP contribution is 2.29. The lowest BCUT2D eigenvalue weighted by Crippen LogP contribution is -1.93. The van der Waals surface area contributed by atoms with Crippen molar-refractivity contribution in [3.05, 3.63) is 34.1 Å². The molecule has 0 bridgehead atoms. The molecule has 0 spiro atoms. The maximum Gasteiger partial charge on any atom is 0.283 e. The van der Waals surface area contributed by atoms with Gasteiger partial charge in [0.05, 0.1) is 9.82 Å². The van der Waals surface area contributed by atoms with Crippen molar-refractivity contribution in [2.75, 3.05) is 12.4 Å². The van der Waals surface area contributed by atoms with Crippen molar-refractivity contribution in [3.63, 3.8) is 0 Å². The molecule has 0 saturated heterocycles. The molecule has 6 heteroatoms. The number of halogens is 1. The maximum absolute atomic E-state index is 12.8. The van der Waals surface area contributed by atoms with Gasteiger partial charge in [-0.2, -0.15) is 0 Å². The van der Waals surface area contributed by atoms with E-state index in [4.69, 9.17) is 5.11 Å². The average molecular weight is 231 g/mol. The Morgan fingerprint density at radius 1 is 1.53 bits per heavy atom. The van der Waals surface area contributed by atoms with Crippen molar-refractivity contribution in [1.29, 1.82) is 0 Å². The Balaban J connectivity index is 2.82. The minimum Gasteiger partial charge on any atom is -0.396 e. The Bertz CT molecular complexity index is 359. The fourth-order valence-electron chi connectivity index (χ4n) is 1.00. The molecule has 0 saturated carbocycles. The Hall–Kier alpha value is -1.14. The maximum atomic E-state index is 12.8. The number of benzene rings is 1. The third kappa shape index (κ3) is 3.49. The topological polar surface area (TPSA) is 63.4 Å². The van der Waals surface area contributed by atoms with Crippen molar-refractivity contribution in [2.45, 2.75) is 11.3 Å². The van der Waals surface area contributed by atoms with Crippen molar-refractivity contribution in [3.8, 4) is 0 Å². The second kappa shape index (κ2) is 5.67. The van der Waals surface area contributed by atoms with Crippen LogP contribution in [0.5, 0.6) is 0 Å². The van der Waals surface area contributed by atoms with E-state index in [0.29, 0.717) is 17.1 Å². The zero-order chi connectivity index (χ0) is 11.3. The minimum atomic E-state index is -0.541. The van der Waals surface area contributed by atoms with Crippen LogP contribution in [0.3, 0.4) is 0 Å². The average Bonchev–Trinajstić information content (AvgIpc) is 2.18. The quantitative estimate of drug-likeness (QED) is 0.365. The number of hydrogen-bond donors (Lipinski definition) is 1. The first kappa shape index (κ1) is 11.9. The summed E-state index contributed by atoms with van der Waals surface area (Å²) in [5, 5.41) is 19.1. The lowest BCUT2D eigenvalue weighted by atomic mass is 10.3. The zero-order valence-electron chi connectivity index (χ0n) is 7.85. The molecule has 0 amide bonds. The van der Waals surface area contributed by atoms with Gasteiger partial charge in [-0.15, -0.1) is 11.8 Å². The van der Waals surface area contributed by atoms with Crippen molar-refractivity contribution < 1.29 is 14.4 Å². The fourth-order valence-corrected chi connectivity index (χ4v) is 1.98. The Labute approximate surface area is 90.3 Å². The molecule has 0 atom stereocenters. The molecule has 0 unspecified atom stereocenters. The molecule has 0 aliphatic heterocycles. The van der Waals surface area contributed by atoms with Crippen LogP contribution in [-0.4, -0.2) is 22.4 Å². The third-order valence-corrected chi connectivity index (χ3v) is 2.81. The molecule has 1 aromatic rings. The van der Waals surface area contributed by atoms with Gasteiger partial charge in [0.2, 0.25) is 0 Å². The molecule has 0 heterocycles. The fraction of sp³-hybridized carbons (Fsp3) is 0.333. The van der Waals surface area contributed by atoms with Gasteiger partial charge in [-0.25, -0.2) is 4.39 Å². The largest absolute Gasteiger partial charge is 0.396 e. The van der Waals surface area contributed by atoms with E-state index in [0.717, 1.165) is 18.2 Å². The van der Waals surface area contributed by atoms with Gasteiger partial charge in [-0.1, -0.05) is 0 Å². The van der Waals surface area contributed by atoms with Gasteiger partial charge < -0.3 is 5.11 Å². The van der Waals surface area contributed by atoms with Gasteiger partial charge in [0, 0.05) is 18.4 Å². The molecular formula is C9H10FNO3S. The molecule has 82 valence electrons. The van der Waals surface area contributed by atoms with Gasteiger partial charge >= 0.3 is 0 Å². The predicted octanol–water partition coefficient (Wildman–Crippen LogP) is 2.21. The summed E-state index contributed by atoms with van der Waals surface area (Å²) in [4.78, 5) is 10.3. The number of nitro benzene ring substituents is 1. The molecule has 1 aromatic carbocycles. The van der Waals surface area contributed by atoms with Crippen LogP contribution in [0.2, 0.25) is 0 Å². The van der Waals surface area contributed by atoms with Gasteiger partial charge in [-0.3, -0.25) is 10.1 Å². The van der Waals surface area contributed by atoms with Gasteiger partial charge in [-0.05, 0) is 18.6 Å². The Morgan fingerprint density at radius 2 is 2.27 bits per heavy atom. The number of hydrogen-bond acceptors (Lipinski definition) is 4. The lowest BCUT2D eigenvalue weighted by molar-refractivity contribution is -0.387. The van der Waals surface area contributed by atoms with Gasteiger partial charge in [0.1, 0.15) is 5.82 Å². The van der Waals surface area contributed by atoms with Crippen LogP contribution >= 0.6 is 11.8 Å². The first-order valence-corrected chi connectivity index (χ1v) is 5.31. The summed E-state index contributed by atoms with van der Waals surface area (Å²) in [6.07, 6.45) is 0.526. The van der Waals surface area contributed by atoms with Gasteiger partial charge in [0.25, 0.3) is 5.69 Å². The predicted molar refractivity (Wildman–Crippen MR) is 55.5 cm³/mol. The van der Waals surface area contributed by atoms with E-state index in [1.165, 1.54) is 11.8 Å². The normalized spacial score (nSPS) is 10.3. The molecule has 1 rings (SSSR count). The molecule has 0 aliphatic carbocycles. The summed E-state index contributed by atoms with van der Waals surface area (Å²) < 4.78 is 12.8. The van der Waals surface area contributed by atoms with E-state index in [1.54, 1.807) is 0 Å². The zero-order valence-corrected chi connectivity index (χ0v) is 8.67. The number of aliphatic hydroxyl groups excluding tert-OH is 1. The van der Waals surface area contributed by atoms with E-state index in [-0.39, 0.29) is 12.3 Å². The highest BCUT2D eigenvalue weighted by Gasteiger charge is 2.14. The first-order chi connectivity index (χ1) is 7.15. The molecule has 0 aromatic heterocycles. The summed E-state index contributed by atoms with van der Waals surface area (Å²) >= 11 is 1.17. The van der Waals surface area contributed by atoms with Crippen LogP contribution in [0.25, 0.3) is 0 Å². The first-order valence-electron chi connectivity index (χ1n) is 4.32. The highest BCUT2D eigenvalue weighted by atomic mass is 32.2. The third-order valence-electron chi connectivity index (χ3n) is 1.68. The number of nitrogens with zero attached hydrogens (tertiary/aromatic N) is 1. The molecule has 1 N–H and O–H groups in total. The van der Waals surface area contributed by atoms with Crippen LogP contribution in [0, 0.1) is 15.9 Å². The summed E-state index contributed by atoms with van der Waals surface area (Å²) in [6, 6.07) is 3.35. The van der Waals surface area contributed by atoms with E-state index < -0.39 is 10.7 Å². The Kier molecular flexibility index (Phi) is 4.51. The van der Waals surface area contributed by atoms with Crippen molar-refractivity contribution >= 4 is 17.4 Å². The number of thioether (sulfide) groups is 1. The van der Waals surface area contributed by atoms with E-state index in [9.17, 15) is 14.5 Å². The van der Waals surface area contributed by atoms with Crippen LogP contribution in [-0.2, 0) is 0 Å². The van der Waals surface area contributed by atoms with E-state index in [2.05, 4.69) is 0 Å². The van der Waals surface area contributed by atoms with E-state index in [1.807, 2.05) is 0 Å². The number of nitro groups is 1. The summed E-state index contributed by atoms with van der Waals surface area (Å²) in [7, 11) is 0. The van der Waals surface area contributed by atoms with Gasteiger partial charge in [0.15, 0.2) is 0 Å². The van der Waals surface area contributed by atoms with Crippen molar-refractivity contribution in [2.24, 2.45) is 0 Å². The van der Waals surface area contributed by atoms with Crippen LogP contribution < -0.4 is 0 Å². The molecule has 0 radical (unpaired) electrons. The standard InChI is InChI=1S/C9H10FNO3S/c10-7-2-3-8(11(13)14)9(6-7)15-5-1-4-12/h2-3,6,12H,1,4-5H2. The van der Waals surface area contributed by atoms with Crippen LogP contribution in [0.4, 0.5) is 10.1 Å². The molecule has 4 nitrogen and oxygen atoms in total. The SMILES string of the molecule is O=[N+]([O-])c1ccc(F)cc1SCCCO. The second-order valence-electron chi connectivity index (χ2n) is 2.79. The molecule has 15 heavy (non-hydrogen) atoms. The highest BCUT2D eigenvalue weighted by molar-refractivity contribution is 7.99. The lowest BCUT2D eigenvalue weighted by Gasteiger charge is -2.01. The minimum absolute atomic E-state index is 0.0239.